The van der Waals surface area contributed by atoms with Crippen molar-refractivity contribution in [2.45, 2.75) is 0 Å². The van der Waals surface area contributed by atoms with E-state index < -0.39 is 0 Å². The number of para-hydroxylation sites is 2. The van der Waals surface area contributed by atoms with Crippen LogP contribution >= 0.6 is 0 Å². The maximum atomic E-state index is 13.6. The summed E-state index contributed by atoms with van der Waals surface area (Å²) in [7, 11) is 0. The number of anilines is 3. The van der Waals surface area contributed by atoms with Crippen LogP contribution in [0.25, 0.3) is 60.9 Å². The molecule has 0 aliphatic heterocycles. The largest absolute Gasteiger partial charge is 0.311 e. The Labute approximate surface area is 301 Å². The average Bonchev–Trinajstić information content (AvgIpc) is 3.53. The fourth-order valence-corrected chi connectivity index (χ4v) is 7.15. The molecular formula is C48H32F2N2. The van der Waals surface area contributed by atoms with Crippen LogP contribution in [0.15, 0.2) is 194 Å². The molecule has 52 heavy (non-hydrogen) atoms. The van der Waals surface area contributed by atoms with Crippen LogP contribution < -0.4 is 4.90 Å². The van der Waals surface area contributed by atoms with E-state index in [9.17, 15) is 8.78 Å². The lowest BCUT2D eigenvalue weighted by Gasteiger charge is -2.26. The standard InChI is InChI=1S/C48H32F2N2/c49-39-21-10-33(11-22-39)35-14-25-42(26-15-35)51(43-27-16-36(17-28-43)34-12-23-40(50)24-13-34)44-29-18-37(19-30-44)38-20-31-46-45-8-4-5-9-47(45)52(48(46)32-38)41-6-2-1-3-7-41/h1-32H. The first kappa shape index (κ1) is 31.2. The molecule has 0 bridgehead atoms. The number of fused-ring (bicyclic) bond motifs is 3. The van der Waals surface area contributed by atoms with Crippen molar-refractivity contribution in [3.8, 4) is 39.1 Å². The van der Waals surface area contributed by atoms with E-state index in [4.69, 9.17) is 0 Å². The second-order valence-electron chi connectivity index (χ2n) is 12.9. The molecule has 9 aromatic rings. The minimum Gasteiger partial charge on any atom is -0.311 e. The molecule has 9 rings (SSSR count). The molecule has 0 aliphatic carbocycles. The van der Waals surface area contributed by atoms with Crippen LogP contribution in [0.5, 0.6) is 0 Å². The molecule has 0 radical (unpaired) electrons. The van der Waals surface area contributed by atoms with Crippen molar-refractivity contribution in [1.82, 2.24) is 4.57 Å². The molecule has 2 nitrogen and oxygen atoms in total. The van der Waals surface area contributed by atoms with Crippen LogP contribution in [0.3, 0.4) is 0 Å². The van der Waals surface area contributed by atoms with Crippen LogP contribution in [0, 0.1) is 11.6 Å². The third-order valence-corrected chi connectivity index (χ3v) is 9.75. The van der Waals surface area contributed by atoms with Gasteiger partial charge in [-0.05, 0) is 118 Å². The molecular weight excluding hydrogens is 643 g/mol. The fraction of sp³-hybridized carbons (Fsp3) is 0. The third-order valence-electron chi connectivity index (χ3n) is 9.75. The predicted octanol–water partition coefficient (Wildman–Crippen LogP) is 13.5. The highest BCUT2D eigenvalue weighted by Crippen LogP contribution is 2.39. The monoisotopic (exact) mass is 674 g/mol. The van der Waals surface area contributed by atoms with Gasteiger partial charge in [-0.3, -0.25) is 0 Å². The number of halogens is 2. The van der Waals surface area contributed by atoms with Gasteiger partial charge in [0, 0.05) is 33.5 Å². The summed E-state index contributed by atoms with van der Waals surface area (Å²) in [6.45, 7) is 0. The van der Waals surface area contributed by atoms with Crippen molar-refractivity contribution in [2.75, 3.05) is 4.90 Å². The fourth-order valence-electron chi connectivity index (χ4n) is 7.15. The lowest BCUT2D eigenvalue weighted by molar-refractivity contribution is 0.627. The van der Waals surface area contributed by atoms with Crippen molar-refractivity contribution in [2.24, 2.45) is 0 Å². The first-order valence-corrected chi connectivity index (χ1v) is 17.3. The summed E-state index contributed by atoms with van der Waals surface area (Å²) in [4.78, 5) is 2.23. The van der Waals surface area contributed by atoms with Gasteiger partial charge >= 0.3 is 0 Å². The first-order valence-electron chi connectivity index (χ1n) is 17.3. The highest BCUT2D eigenvalue weighted by molar-refractivity contribution is 6.10. The van der Waals surface area contributed by atoms with Gasteiger partial charge in [-0.15, -0.1) is 0 Å². The molecule has 0 saturated heterocycles. The van der Waals surface area contributed by atoms with Crippen LogP contribution in [-0.2, 0) is 0 Å². The Hall–Kier alpha value is -6.78. The number of hydrogen-bond acceptors (Lipinski definition) is 1. The third kappa shape index (κ3) is 5.80. The van der Waals surface area contributed by atoms with Gasteiger partial charge in [0.2, 0.25) is 0 Å². The van der Waals surface area contributed by atoms with E-state index in [0.29, 0.717) is 0 Å². The normalized spacial score (nSPS) is 11.3. The summed E-state index contributed by atoms with van der Waals surface area (Å²) in [5.41, 5.74) is 12.6. The van der Waals surface area contributed by atoms with Crippen LogP contribution in [-0.4, -0.2) is 4.57 Å². The Morgan fingerprint density at radius 3 is 1.21 bits per heavy atom. The van der Waals surface area contributed by atoms with Crippen LogP contribution in [0.1, 0.15) is 0 Å². The zero-order valence-corrected chi connectivity index (χ0v) is 28.1. The molecule has 0 fully saturated rings. The maximum Gasteiger partial charge on any atom is 0.123 e. The van der Waals surface area contributed by atoms with E-state index in [1.165, 1.54) is 40.6 Å². The van der Waals surface area contributed by atoms with E-state index in [0.717, 1.165) is 61.6 Å². The lowest BCUT2D eigenvalue weighted by atomic mass is 10.0. The van der Waals surface area contributed by atoms with Gasteiger partial charge < -0.3 is 9.47 Å². The Morgan fingerprint density at radius 2 is 0.712 bits per heavy atom. The summed E-state index contributed by atoms with van der Waals surface area (Å²) in [5.74, 6) is -0.504. The van der Waals surface area contributed by atoms with Crippen molar-refractivity contribution in [1.29, 1.82) is 0 Å². The molecule has 1 heterocycles. The van der Waals surface area contributed by atoms with Gasteiger partial charge in [0.1, 0.15) is 11.6 Å². The van der Waals surface area contributed by atoms with Crippen molar-refractivity contribution < 1.29 is 8.78 Å². The molecule has 0 amide bonds. The first-order chi connectivity index (χ1) is 25.6. The molecule has 0 atom stereocenters. The number of aromatic nitrogens is 1. The SMILES string of the molecule is Fc1ccc(-c2ccc(N(c3ccc(-c4ccc(F)cc4)cc3)c3ccc(-c4ccc5c6ccccc6n(-c6ccccc6)c5c4)cc3)cc2)cc1. The highest BCUT2D eigenvalue weighted by atomic mass is 19.1. The lowest BCUT2D eigenvalue weighted by Crippen LogP contribution is -2.09. The second kappa shape index (κ2) is 13.2. The Morgan fingerprint density at radius 1 is 0.327 bits per heavy atom. The summed E-state index contributed by atoms with van der Waals surface area (Å²) < 4.78 is 29.6. The van der Waals surface area contributed by atoms with Crippen molar-refractivity contribution in [3.05, 3.63) is 206 Å². The quantitative estimate of drug-likeness (QED) is 0.163. The van der Waals surface area contributed by atoms with Crippen molar-refractivity contribution >= 4 is 38.9 Å². The summed E-state index contributed by atoms with van der Waals surface area (Å²) in [6, 6.07) is 64.3. The number of hydrogen-bond donors (Lipinski definition) is 0. The number of nitrogens with zero attached hydrogens (tertiary/aromatic N) is 2. The molecule has 4 heteroatoms. The molecule has 248 valence electrons. The minimum absolute atomic E-state index is 0.252. The minimum atomic E-state index is -0.252. The molecule has 0 spiro atoms. The van der Waals surface area contributed by atoms with Gasteiger partial charge in [0.15, 0.2) is 0 Å². The van der Waals surface area contributed by atoms with E-state index in [1.807, 2.05) is 6.07 Å². The molecule has 0 unspecified atom stereocenters. The van der Waals surface area contributed by atoms with E-state index in [2.05, 4.69) is 149 Å². The Balaban J connectivity index is 1.10. The zero-order valence-electron chi connectivity index (χ0n) is 28.1. The summed E-state index contributed by atoms with van der Waals surface area (Å²) in [5, 5.41) is 2.45. The van der Waals surface area contributed by atoms with Gasteiger partial charge in [-0.25, -0.2) is 8.78 Å². The summed E-state index contributed by atoms with van der Waals surface area (Å²) in [6.07, 6.45) is 0. The van der Waals surface area contributed by atoms with E-state index in [1.54, 1.807) is 24.3 Å². The molecule has 0 aliphatic rings. The Kier molecular flexibility index (Phi) is 7.90. The second-order valence-corrected chi connectivity index (χ2v) is 12.9. The van der Waals surface area contributed by atoms with Gasteiger partial charge in [0.05, 0.1) is 11.0 Å². The average molecular weight is 675 g/mol. The maximum absolute atomic E-state index is 13.6. The molecule has 0 N–H and O–H groups in total. The zero-order chi connectivity index (χ0) is 35.0. The highest BCUT2D eigenvalue weighted by Gasteiger charge is 2.16. The van der Waals surface area contributed by atoms with Crippen LogP contribution in [0.4, 0.5) is 25.8 Å². The molecule has 1 aromatic heterocycles. The Bertz CT molecular complexity index is 2550. The number of rotatable bonds is 7. The smallest absolute Gasteiger partial charge is 0.123 e. The number of benzene rings is 8. The molecule has 8 aromatic carbocycles. The summed E-state index contributed by atoms with van der Waals surface area (Å²) >= 11 is 0. The topological polar surface area (TPSA) is 8.17 Å². The van der Waals surface area contributed by atoms with Crippen molar-refractivity contribution in [3.63, 3.8) is 0 Å². The van der Waals surface area contributed by atoms with Gasteiger partial charge in [0.25, 0.3) is 0 Å². The predicted molar refractivity (Wildman–Crippen MR) is 212 cm³/mol. The van der Waals surface area contributed by atoms with Crippen LogP contribution in [0.2, 0.25) is 0 Å². The van der Waals surface area contributed by atoms with E-state index >= 15 is 0 Å². The van der Waals surface area contributed by atoms with Gasteiger partial charge in [-0.2, -0.15) is 0 Å². The van der Waals surface area contributed by atoms with Gasteiger partial charge in [-0.1, -0.05) is 109 Å². The van der Waals surface area contributed by atoms with E-state index in [-0.39, 0.29) is 11.6 Å². The molecule has 0 saturated carbocycles.